The molecule has 1 saturated carbocycles. The molecule has 1 aromatic carbocycles. The molecule has 1 atom stereocenters. The van der Waals surface area contributed by atoms with E-state index in [1.807, 2.05) is 30.3 Å². The second-order valence-electron chi connectivity index (χ2n) is 5.71. The molecule has 0 N–H and O–H groups in total. The van der Waals surface area contributed by atoms with E-state index in [1.54, 1.807) is 0 Å². The van der Waals surface area contributed by atoms with Gasteiger partial charge in [0.05, 0.1) is 4.83 Å². The first-order valence-electron chi connectivity index (χ1n) is 7.61. The molecule has 1 aliphatic rings. The molecule has 0 radical (unpaired) electrons. The number of ether oxygens (including phenoxy) is 1. The van der Waals surface area contributed by atoms with E-state index in [2.05, 4.69) is 22.9 Å². The lowest BCUT2D eigenvalue weighted by atomic mass is 9.79. The minimum atomic E-state index is 0.496. The van der Waals surface area contributed by atoms with Gasteiger partial charge in [0.1, 0.15) is 12.4 Å². The van der Waals surface area contributed by atoms with Crippen LogP contribution in [0.1, 0.15) is 45.4 Å². The van der Waals surface area contributed by atoms with Crippen LogP contribution in [0.15, 0.2) is 30.3 Å². The van der Waals surface area contributed by atoms with E-state index in [0.29, 0.717) is 4.83 Å². The summed E-state index contributed by atoms with van der Waals surface area (Å²) in [6.45, 7) is 3.08. The van der Waals surface area contributed by atoms with E-state index in [0.717, 1.165) is 24.2 Å². The van der Waals surface area contributed by atoms with Crippen LogP contribution in [0.4, 0.5) is 0 Å². The third-order valence-corrected chi connectivity index (χ3v) is 5.26. The van der Waals surface area contributed by atoms with Gasteiger partial charge in [-0.2, -0.15) is 0 Å². The van der Waals surface area contributed by atoms with Crippen molar-refractivity contribution < 1.29 is 4.74 Å². The zero-order valence-electron chi connectivity index (χ0n) is 11.9. The fourth-order valence-corrected chi connectivity index (χ4v) is 3.74. The van der Waals surface area contributed by atoms with Gasteiger partial charge in [-0.1, -0.05) is 66.7 Å². The van der Waals surface area contributed by atoms with Crippen molar-refractivity contribution in [2.75, 3.05) is 6.61 Å². The van der Waals surface area contributed by atoms with Crippen molar-refractivity contribution in [3.8, 4) is 5.75 Å². The molecule has 1 nitrogen and oxygen atoms in total. The number of benzene rings is 1. The topological polar surface area (TPSA) is 9.23 Å². The molecule has 1 aliphatic carbocycles. The molecule has 2 rings (SSSR count). The van der Waals surface area contributed by atoms with Gasteiger partial charge in [-0.25, -0.2) is 0 Å². The third-order valence-electron chi connectivity index (χ3n) is 4.25. The highest BCUT2D eigenvalue weighted by Crippen LogP contribution is 2.35. The van der Waals surface area contributed by atoms with E-state index >= 15 is 0 Å². The van der Waals surface area contributed by atoms with Gasteiger partial charge < -0.3 is 4.74 Å². The standard InChI is InChI=1S/C17H25BrO/c1-2-6-14-9-11-15(12-10-14)17(18)13-19-16-7-4-3-5-8-16/h3-5,7-8,14-15,17H,2,6,9-13H2,1H3. The van der Waals surface area contributed by atoms with Gasteiger partial charge in [-0.15, -0.1) is 0 Å². The average molecular weight is 325 g/mol. The van der Waals surface area contributed by atoms with Gasteiger partial charge in [0, 0.05) is 0 Å². The van der Waals surface area contributed by atoms with Gasteiger partial charge in [0.15, 0.2) is 0 Å². The Balaban J connectivity index is 1.71. The minimum Gasteiger partial charge on any atom is -0.492 e. The highest BCUT2D eigenvalue weighted by atomic mass is 79.9. The summed E-state index contributed by atoms with van der Waals surface area (Å²) < 4.78 is 5.85. The minimum absolute atomic E-state index is 0.496. The second kappa shape index (κ2) is 7.94. The Morgan fingerprint density at radius 1 is 1.16 bits per heavy atom. The number of para-hydroxylation sites is 1. The van der Waals surface area contributed by atoms with E-state index in [9.17, 15) is 0 Å². The summed E-state index contributed by atoms with van der Waals surface area (Å²) in [6, 6.07) is 10.1. The summed E-state index contributed by atoms with van der Waals surface area (Å²) in [4.78, 5) is 0.496. The molecule has 0 aromatic heterocycles. The van der Waals surface area contributed by atoms with Crippen molar-refractivity contribution in [3.05, 3.63) is 30.3 Å². The lowest BCUT2D eigenvalue weighted by Gasteiger charge is -2.31. The Kier molecular flexibility index (Phi) is 6.22. The average Bonchev–Trinajstić information content (AvgIpc) is 2.47. The van der Waals surface area contributed by atoms with E-state index in [-0.39, 0.29) is 0 Å². The van der Waals surface area contributed by atoms with Crippen LogP contribution in [0.3, 0.4) is 0 Å². The molecule has 1 fully saturated rings. The molecule has 2 heteroatoms. The molecule has 106 valence electrons. The van der Waals surface area contributed by atoms with Crippen LogP contribution in [0.2, 0.25) is 0 Å². The highest BCUT2D eigenvalue weighted by molar-refractivity contribution is 9.09. The van der Waals surface area contributed by atoms with Crippen LogP contribution < -0.4 is 4.74 Å². The third kappa shape index (κ3) is 4.83. The zero-order valence-corrected chi connectivity index (χ0v) is 13.4. The first kappa shape index (κ1) is 14.9. The van der Waals surface area contributed by atoms with Crippen molar-refractivity contribution in [2.45, 2.75) is 50.3 Å². The summed E-state index contributed by atoms with van der Waals surface area (Å²) >= 11 is 3.83. The lowest BCUT2D eigenvalue weighted by Crippen LogP contribution is -2.26. The molecule has 0 saturated heterocycles. The Hall–Kier alpha value is -0.500. The number of rotatable bonds is 6. The monoisotopic (exact) mass is 324 g/mol. The fraction of sp³-hybridized carbons (Fsp3) is 0.647. The number of alkyl halides is 1. The first-order valence-corrected chi connectivity index (χ1v) is 8.53. The summed E-state index contributed by atoms with van der Waals surface area (Å²) in [5.41, 5.74) is 0. The summed E-state index contributed by atoms with van der Waals surface area (Å²) in [7, 11) is 0. The van der Waals surface area contributed by atoms with Gasteiger partial charge in [-0.3, -0.25) is 0 Å². The van der Waals surface area contributed by atoms with Crippen LogP contribution in [-0.2, 0) is 0 Å². The van der Waals surface area contributed by atoms with E-state index in [1.165, 1.54) is 38.5 Å². The van der Waals surface area contributed by atoms with Gasteiger partial charge in [0.2, 0.25) is 0 Å². The molecular weight excluding hydrogens is 300 g/mol. The van der Waals surface area contributed by atoms with Crippen molar-refractivity contribution in [1.29, 1.82) is 0 Å². The molecule has 19 heavy (non-hydrogen) atoms. The largest absolute Gasteiger partial charge is 0.492 e. The van der Waals surface area contributed by atoms with Crippen LogP contribution in [0.25, 0.3) is 0 Å². The van der Waals surface area contributed by atoms with E-state index < -0.39 is 0 Å². The lowest BCUT2D eigenvalue weighted by molar-refractivity contribution is 0.221. The smallest absolute Gasteiger partial charge is 0.119 e. The summed E-state index contributed by atoms with van der Waals surface area (Å²) in [5.74, 6) is 2.75. The van der Waals surface area contributed by atoms with Gasteiger partial charge >= 0.3 is 0 Å². The SMILES string of the molecule is CCCC1CCC(C(Br)COc2ccccc2)CC1. The molecule has 0 aliphatic heterocycles. The van der Waals surface area contributed by atoms with Crippen molar-refractivity contribution in [1.82, 2.24) is 0 Å². The predicted octanol–water partition coefficient (Wildman–Crippen LogP) is 5.44. The summed E-state index contributed by atoms with van der Waals surface area (Å²) in [5, 5.41) is 0. The van der Waals surface area contributed by atoms with Crippen molar-refractivity contribution in [2.24, 2.45) is 11.8 Å². The molecule has 0 spiro atoms. The van der Waals surface area contributed by atoms with Crippen molar-refractivity contribution in [3.63, 3.8) is 0 Å². The van der Waals surface area contributed by atoms with E-state index in [4.69, 9.17) is 4.74 Å². The molecule has 0 amide bonds. The zero-order chi connectivity index (χ0) is 13.5. The quantitative estimate of drug-likeness (QED) is 0.633. The molecule has 0 bridgehead atoms. The maximum atomic E-state index is 5.85. The molecule has 1 aromatic rings. The number of hydrogen-bond acceptors (Lipinski definition) is 1. The van der Waals surface area contributed by atoms with Crippen LogP contribution in [0.5, 0.6) is 5.75 Å². The Morgan fingerprint density at radius 3 is 2.47 bits per heavy atom. The Bertz CT molecular complexity index is 344. The summed E-state index contributed by atoms with van der Waals surface area (Å²) in [6.07, 6.45) is 8.29. The molecular formula is C17H25BrO. The fourth-order valence-electron chi connectivity index (χ4n) is 3.08. The highest BCUT2D eigenvalue weighted by Gasteiger charge is 2.26. The number of halogens is 1. The maximum Gasteiger partial charge on any atom is 0.119 e. The van der Waals surface area contributed by atoms with Gasteiger partial charge in [0.25, 0.3) is 0 Å². The van der Waals surface area contributed by atoms with Crippen LogP contribution in [0, 0.1) is 11.8 Å². The Labute approximate surface area is 125 Å². The first-order chi connectivity index (χ1) is 9.29. The second-order valence-corrected chi connectivity index (χ2v) is 6.89. The van der Waals surface area contributed by atoms with Gasteiger partial charge in [-0.05, 0) is 36.8 Å². The van der Waals surface area contributed by atoms with Crippen LogP contribution in [-0.4, -0.2) is 11.4 Å². The normalized spacial score (nSPS) is 24.9. The molecule has 1 unspecified atom stereocenters. The van der Waals surface area contributed by atoms with Crippen molar-refractivity contribution >= 4 is 15.9 Å². The predicted molar refractivity (Wildman–Crippen MR) is 85.0 cm³/mol. The van der Waals surface area contributed by atoms with Crippen LogP contribution >= 0.6 is 15.9 Å². The number of hydrogen-bond donors (Lipinski definition) is 0. The maximum absolute atomic E-state index is 5.85. The molecule has 0 heterocycles. The Morgan fingerprint density at radius 2 is 1.84 bits per heavy atom.